The van der Waals surface area contributed by atoms with Gasteiger partial charge in [0.2, 0.25) is 0 Å². The number of benzene rings is 1. The lowest BCUT2D eigenvalue weighted by molar-refractivity contribution is 0.605. The summed E-state index contributed by atoms with van der Waals surface area (Å²) in [6.07, 6.45) is 6.23. The zero-order valence-electron chi connectivity index (χ0n) is 9.67. The Labute approximate surface area is 111 Å². The van der Waals surface area contributed by atoms with Gasteiger partial charge in [0.15, 0.2) is 0 Å². The van der Waals surface area contributed by atoms with Crippen molar-refractivity contribution in [3.63, 3.8) is 0 Å². The van der Waals surface area contributed by atoms with Crippen molar-refractivity contribution in [1.29, 1.82) is 0 Å². The van der Waals surface area contributed by atoms with Crippen molar-refractivity contribution in [3.8, 4) is 0 Å². The minimum absolute atomic E-state index is 0.433. The van der Waals surface area contributed by atoms with E-state index in [4.69, 9.17) is 0 Å². The van der Waals surface area contributed by atoms with Gasteiger partial charge >= 0.3 is 0 Å². The molecule has 1 nitrogen and oxygen atoms in total. The molecule has 0 saturated heterocycles. The largest absolute Gasteiger partial charge is 0.307 e. The summed E-state index contributed by atoms with van der Waals surface area (Å²) >= 11 is 2.38. The van der Waals surface area contributed by atoms with E-state index in [2.05, 4.69) is 65.2 Å². The highest BCUT2D eigenvalue weighted by atomic mass is 127. The molecule has 1 aliphatic rings. The van der Waals surface area contributed by atoms with Gasteiger partial charge in [0.05, 0.1) is 6.04 Å². The fraction of sp³-hybridized carbons (Fsp3) is 0.429. The zero-order chi connectivity index (χ0) is 11.4. The zero-order valence-corrected chi connectivity index (χ0v) is 11.8. The van der Waals surface area contributed by atoms with E-state index in [1.807, 2.05) is 0 Å². The fourth-order valence-corrected chi connectivity index (χ4v) is 2.88. The molecule has 0 saturated carbocycles. The number of likely N-dealkylation sites (N-methyl/N-ethyl adjacent to an activating group) is 1. The average Bonchev–Trinajstić information content (AvgIpc) is 2.79. The van der Waals surface area contributed by atoms with Crippen molar-refractivity contribution < 1.29 is 0 Å². The topological polar surface area (TPSA) is 12.0 Å². The van der Waals surface area contributed by atoms with E-state index in [0.29, 0.717) is 6.04 Å². The molecule has 0 amide bonds. The minimum Gasteiger partial charge on any atom is -0.307 e. The maximum absolute atomic E-state index is 3.60. The summed E-state index contributed by atoms with van der Waals surface area (Å²) in [5.74, 6) is 0. The van der Waals surface area contributed by atoms with Gasteiger partial charge in [-0.25, -0.2) is 0 Å². The molecule has 1 aliphatic carbocycles. The van der Waals surface area contributed by atoms with Crippen LogP contribution in [0.15, 0.2) is 35.9 Å². The van der Waals surface area contributed by atoms with E-state index in [0.717, 1.165) is 6.54 Å². The van der Waals surface area contributed by atoms with Crippen molar-refractivity contribution in [3.05, 3.63) is 45.0 Å². The summed E-state index contributed by atoms with van der Waals surface area (Å²) in [5, 5.41) is 3.60. The first kappa shape index (κ1) is 12.1. The van der Waals surface area contributed by atoms with Gasteiger partial charge in [0.25, 0.3) is 0 Å². The Balaban J connectivity index is 2.24. The normalized spacial score (nSPS) is 17.2. The van der Waals surface area contributed by atoms with E-state index < -0.39 is 0 Å². The summed E-state index contributed by atoms with van der Waals surface area (Å²) < 4.78 is 1.32. The van der Waals surface area contributed by atoms with Crippen LogP contribution >= 0.6 is 22.6 Å². The minimum atomic E-state index is 0.433. The summed E-state index contributed by atoms with van der Waals surface area (Å²) in [7, 11) is 0. The van der Waals surface area contributed by atoms with Crippen LogP contribution in [0.2, 0.25) is 0 Å². The quantitative estimate of drug-likeness (QED) is 0.650. The molecule has 0 aromatic heterocycles. The van der Waals surface area contributed by atoms with E-state index in [1.165, 1.54) is 28.4 Å². The molecule has 1 aromatic carbocycles. The fourth-order valence-electron chi connectivity index (χ4n) is 2.31. The maximum Gasteiger partial charge on any atom is 0.0536 e. The Morgan fingerprint density at radius 1 is 1.44 bits per heavy atom. The molecule has 1 atom stereocenters. The maximum atomic E-state index is 3.60. The number of halogens is 1. The number of rotatable bonds is 4. The molecule has 1 N–H and O–H groups in total. The van der Waals surface area contributed by atoms with Crippen molar-refractivity contribution in [2.75, 3.05) is 6.54 Å². The van der Waals surface area contributed by atoms with Gasteiger partial charge in [-0.3, -0.25) is 0 Å². The van der Waals surface area contributed by atoms with Gasteiger partial charge in [0, 0.05) is 3.57 Å². The van der Waals surface area contributed by atoms with E-state index in [1.54, 1.807) is 5.57 Å². The van der Waals surface area contributed by atoms with Gasteiger partial charge in [-0.1, -0.05) is 30.7 Å². The Bertz CT molecular complexity index is 384. The molecule has 1 unspecified atom stereocenters. The van der Waals surface area contributed by atoms with Gasteiger partial charge < -0.3 is 5.32 Å². The molecule has 2 heteroatoms. The van der Waals surface area contributed by atoms with E-state index in [-0.39, 0.29) is 0 Å². The summed E-state index contributed by atoms with van der Waals surface area (Å²) in [6, 6.07) is 9.25. The van der Waals surface area contributed by atoms with Crippen molar-refractivity contribution >= 4 is 22.6 Å². The Morgan fingerprint density at radius 2 is 2.31 bits per heavy atom. The van der Waals surface area contributed by atoms with Gasteiger partial charge in [0.1, 0.15) is 0 Å². The number of hydrogen-bond donors (Lipinski definition) is 1. The second-order valence-corrected chi connectivity index (χ2v) is 5.46. The highest BCUT2D eigenvalue weighted by Crippen LogP contribution is 2.31. The molecule has 86 valence electrons. The first-order valence-electron chi connectivity index (χ1n) is 5.99. The smallest absolute Gasteiger partial charge is 0.0536 e. The molecule has 0 spiro atoms. The molecule has 0 fully saturated rings. The van der Waals surface area contributed by atoms with Crippen LogP contribution in [0.25, 0.3) is 0 Å². The number of hydrogen-bond acceptors (Lipinski definition) is 1. The molecule has 2 rings (SSSR count). The molecular weight excluding hydrogens is 309 g/mol. The van der Waals surface area contributed by atoms with Crippen LogP contribution in [0.4, 0.5) is 0 Å². The molecule has 0 radical (unpaired) electrons. The second-order valence-electron chi connectivity index (χ2n) is 4.22. The van der Waals surface area contributed by atoms with E-state index >= 15 is 0 Å². The standard InChI is InChI=1S/C14H18IN/c1-2-16-14(11-6-3-4-7-11)12-8-5-9-13(15)10-12/h5-6,8-10,14,16H,2-4,7H2,1H3. The van der Waals surface area contributed by atoms with Crippen LogP contribution in [0, 0.1) is 3.57 Å². The van der Waals surface area contributed by atoms with Crippen LogP contribution in [0.3, 0.4) is 0 Å². The summed E-state index contributed by atoms with van der Waals surface area (Å²) in [5.41, 5.74) is 2.98. The molecule has 0 aliphatic heterocycles. The third kappa shape index (κ3) is 2.86. The van der Waals surface area contributed by atoms with Crippen LogP contribution in [0.5, 0.6) is 0 Å². The van der Waals surface area contributed by atoms with Gasteiger partial charge in [-0.15, -0.1) is 0 Å². The van der Waals surface area contributed by atoms with Crippen molar-refractivity contribution in [2.24, 2.45) is 0 Å². The molecule has 0 heterocycles. The molecule has 0 bridgehead atoms. The lowest BCUT2D eigenvalue weighted by Crippen LogP contribution is -2.22. The Morgan fingerprint density at radius 3 is 2.94 bits per heavy atom. The van der Waals surface area contributed by atoms with Crippen LogP contribution in [-0.4, -0.2) is 6.54 Å². The van der Waals surface area contributed by atoms with Gasteiger partial charge in [-0.05, 0) is 66.1 Å². The Hall–Kier alpha value is -0.350. The summed E-state index contributed by atoms with van der Waals surface area (Å²) in [4.78, 5) is 0. The van der Waals surface area contributed by atoms with Crippen molar-refractivity contribution in [2.45, 2.75) is 32.2 Å². The lowest BCUT2D eigenvalue weighted by Gasteiger charge is -2.20. The third-order valence-corrected chi connectivity index (χ3v) is 3.71. The van der Waals surface area contributed by atoms with Crippen molar-refractivity contribution in [1.82, 2.24) is 5.32 Å². The molecule has 16 heavy (non-hydrogen) atoms. The van der Waals surface area contributed by atoms with Crippen LogP contribution < -0.4 is 5.32 Å². The molecule has 1 aromatic rings. The van der Waals surface area contributed by atoms with E-state index in [9.17, 15) is 0 Å². The highest BCUT2D eigenvalue weighted by molar-refractivity contribution is 14.1. The predicted molar refractivity (Wildman–Crippen MR) is 77.5 cm³/mol. The molecular formula is C14H18IN. The van der Waals surface area contributed by atoms with Crippen LogP contribution in [0.1, 0.15) is 37.8 Å². The van der Waals surface area contributed by atoms with Crippen LogP contribution in [-0.2, 0) is 0 Å². The monoisotopic (exact) mass is 327 g/mol. The average molecular weight is 327 g/mol. The first-order valence-corrected chi connectivity index (χ1v) is 7.07. The lowest BCUT2D eigenvalue weighted by atomic mass is 9.98. The second kappa shape index (κ2) is 5.82. The first-order chi connectivity index (χ1) is 7.81. The Kier molecular flexibility index (Phi) is 4.41. The summed E-state index contributed by atoms with van der Waals surface area (Å²) in [6.45, 7) is 3.20. The van der Waals surface area contributed by atoms with Gasteiger partial charge in [-0.2, -0.15) is 0 Å². The number of allylic oxidation sites excluding steroid dienone is 1. The SMILES string of the molecule is CCNC(C1=CCCC1)c1cccc(I)c1. The number of nitrogens with one attached hydrogen (secondary N) is 1. The highest BCUT2D eigenvalue weighted by Gasteiger charge is 2.17. The predicted octanol–water partition coefficient (Wildman–Crippen LogP) is 4.05. The third-order valence-electron chi connectivity index (χ3n) is 3.04.